The van der Waals surface area contributed by atoms with Crippen LogP contribution in [0.3, 0.4) is 0 Å². The van der Waals surface area contributed by atoms with Gasteiger partial charge in [0.25, 0.3) is 0 Å². The zero-order chi connectivity index (χ0) is 20.2. The molecule has 0 amide bonds. The van der Waals surface area contributed by atoms with Crippen molar-refractivity contribution in [2.24, 2.45) is 11.1 Å². The van der Waals surface area contributed by atoms with Crippen molar-refractivity contribution >= 4 is 11.6 Å². The molecule has 1 saturated carbocycles. The molecule has 6 heteroatoms. The number of rotatable bonds is 2. The largest absolute Gasteiger partial charge is 0.342 e. The highest BCUT2D eigenvalue weighted by molar-refractivity contribution is 5.82. The maximum absolute atomic E-state index is 6.48. The molecule has 3 heterocycles. The minimum atomic E-state index is 0.344. The molecule has 3 aromatic rings. The second kappa shape index (κ2) is 6.80. The van der Waals surface area contributed by atoms with Crippen molar-refractivity contribution in [1.82, 2.24) is 19.6 Å². The highest BCUT2D eigenvalue weighted by atomic mass is 15.3. The van der Waals surface area contributed by atoms with Gasteiger partial charge in [-0.15, -0.1) is 10.2 Å². The minimum Gasteiger partial charge on any atom is -0.342 e. The van der Waals surface area contributed by atoms with Gasteiger partial charge >= 0.3 is 0 Å². The van der Waals surface area contributed by atoms with Gasteiger partial charge in [0.05, 0.1) is 5.69 Å². The summed E-state index contributed by atoms with van der Waals surface area (Å²) in [6, 6.07) is 6.77. The van der Waals surface area contributed by atoms with Crippen molar-refractivity contribution in [2.75, 3.05) is 18.0 Å². The van der Waals surface area contributed by atoms with E-state index in [2.05, 4.69) is 58.5 Å². The van der Waals surface area contributed by atoms with Crippen LogP contribution in [0.5, 0.6) is 0 Å². The van der Waals surface area contributed by atoms with E-state index in [1.165, 1.54) is 36.0 Å². The zero-order valence-corrected chi connectivity index (χ0v) is 17.6. The average Bonchev–Trinajstić information content (AvgIpc) is 3.33. The Kier molecular flexibility index (Phi) is 4.35. The maximum atomic E-state index is 6.48. The predicted molar refractivity (Wildman–Crippen MR) is 116 cm³/mol. The number of fused-ring (bicyclic) bond motifs is 1. The smallest absolute Gasteiger partial charge is 0.212 e. The lowest BCUT2D eigenvalue weighted by atomic mass is 9.74. The van der Waals surface area contributed by atoms with Crippen LogP contribution in [0.2, 0.25) is 0 Å². The Morgan fingerprint density at radius 2 is 1.90 bits per heavy atom. The maximum Gasteiger partial charge on any atom is 0.212 e. The topological polar surface area (TPSA) is 72.3 Å². The summed E-state index contributed by atoms with van der Waals surface area (Å²) >= 11 is 0. The molecule has 0 radical (unpaired) electrons. The summed E-state index contributed by atoms with van der Waals surface area (Å²) < 4.78 is 2.07. The van der Waals surface area contributed by atoms with Gasteiger partial charge in [-0.1, -0.05) is 24.6 Å². The van der Waals surface area contributed by atoms with Crippen molar-refractivity contribution < 1.29 is 0 Å². The first-order chi connectivity index (χ1) is 14.0. The van der Waals surface area contributed by atoms with Crippen LogP contribution in [-0.2, 0) is 0 Å². The summed E-state index contributed by atoms with van der Waals surface area (Å²) in [5.74, 6) is 0.956. The Labute approximate surface area is 172 Å². The van der Waals surface area contributed by atoms with Gasteiger partial charge < -0.3 is 10.6 Å². The molecule has 29 heavy (non-hydrogen) atoms. The molecule has 1 atom stereocenters. The Hall–Kier alpha value is -2.47. The van der Waals surface area contributed by atoms with Gasteiger partial charge in [-0.25, -0.2) is 4.98 Å². The van der Waals surface area contributed by atoms with Crippen molar-refractivity contribution in [3.8, 4) is 11.1 Å². The third-order valence-electron chi connectivity index (χ3n) is 7.51. The lowest BCUT2D eigenvalue weighted by molar-refractivity contribution is 0.197. The Morgan fingerprint density at radius 3 is 2.62 bits per heavy atom. The average molecular weight is 391 g/mol. The van der Waals surface area contributed by atoms with Crippen LogP contribution >= 0.6 is 0 Å². The molecule has 1 aliphatic heterocycles. The number of nitrogens with two attached hydrogens (primary N) is 1. The van der Waals surface area contributed by atoms with E-state index in [-0.39, 0.29) is 0 Å². The summed E-state index contributed by atoms with van der Waals surface area (Å²) in [5, 5.41) is 8.74. The van der Waals surface area contributed by atoms with Gasteiger partial charge in [-0.3, -0.25) is 4.40 Å². The molecule has 2 aromatic heterocycles. The van der Waals surface area contributed by atoms with E-state index in [0.717, 1.165) is 48.8 Å². The standard InChI is InChI=1S/C23H30N6/c1-15-6-4-7-18(16(15)2)20-17(3)26-22(29-14-25-27-21(20)29)28-12-10-23(11-13-28)9-5-8-19(23)24/h4,6-7,14,19H,5,8-13,24H2,1-3H3/t19-/m1/s1. The summed E-state index contributed by atoms with van der Waals surface area (Å²) in [6.45, 7) is 8.40. The molecule has 0 unspecified atom stereocenters. The summed E-state index contributed by atoms with van der Waals surface area (Å²) in [4.78, 5) is 7.45. The fourth-order valence-electron chi connectivity index (χ4n) is 5.47. The van der Waals surface area contributed by atoms with E-state index >= 15 is 0 Å². The molecular weight excluding hydrogens is 360 g/mol. The van der Waals surface area contributed by atoms with Crippen LogP contribution in [0.1, 0.15) is 48.9 Å². The number of anilines is 1. The molecular formula is C23H30N6. The van der Waals surface area contributed by atoms with E-state index < -0.39 is 0 Å². The molecule has 2 fully saturated rings. The number of aryl methyl sites for hydroxylation is 2. The van der Waals surface area contributed by atoms with Gasteiger partial charge in [0.1, 0.15) is 6.33 Å². The summed E-state index contributed by atoms with van der Waals surface area (Å²) in [6.07, 6.45) is 7.84. The first-order valence-corrected chi connectivity index (χ1v) is 10.8. The van der Waals surface area contributed by atoms with Crippen LogP contribution in [0, 0.1) is 26.2 Å². The van der Waals surface area contributed by atoms with Gasteiger partial charge in [0.15, 0.2) is 5.65 Å². The minimum absolute atomic E-state index is 0.344. The molecule has 1 saturated heterocycles. The molecule has 152 valence electrons. The Morgan fingerprint density at radius 1 is 1.10 bits per heavy atom. The zero-order valence-electron chi connectivity index (χ0n) is 17.6. The summed E-state index contributed by atoms with van der Waals surface area (Å²) in [5.41, 5.74) is 13.5. The molecule has 1 spiro atoms. The van der Waals surface area contributed by atoms with Gasteiger partial charge in [-0.05, 0) is 68.6 Å². The SMILES string of the molecule is Cc1cccc(-c2c(C)nc(N3CCC4(CCC[C@H]4N)CC3)n3cnnc23)c1C. The van der Waals surface area contributed by atoms with E-state index in [1.807, 2.05) is 0 Å². The van der Waals surface area contributed by atoms with Crippen LogP contribution < -0.4 is 10.6 Å². The Balaban J connectivity index is 1.54. The number of aromatic nitrogens is 4. The van der Waals surface area contributed by atoms with Gasteiger partial charge in [-0.2, -0.15) is 0 Å². The third kappa shape index (κ3) is 2.84. The highest BCUT2D eigenvalue weighted by Gasteiger charge is 2.43. The quantitative estimate of drug-likeness (QED) is 0.720. The van der Waals surface area contributed by atoms with Crippen LogP contribution in [-0.4, -0.2) is 38.7 Å². The monoisotopic (exact) mass is 390 g/mol. The molecule has 1 aliphatic carbocycles. The molecule has 2 aliphatic rings. The first-order valence-electron chi connectivity index (χ1n) is 10.8. The Bertz CT molecular complexity index is 1060. The number of nitrogens with zero attached hydrogens (tertiary/aromatic N) is 5. The van der Waals surface area contributed by atoms with Crippen LogP contribution in [0.15, 0.2) is 24.5 Å². The second-order valence-electron chi connectivity index (χ2n) is 8.99. The summed E-state index contributed by atoms with van der Waals surface area (Å²) in [7, 11) is 0. The normalized spacial score (nSPS) is 21.4. The third-order valence-corrected chi connectivity index (χ3v) is 7.51. The molecule has 2 N–H and O–H groups in total. The molecule has 0 bridgehead atoms. The molecule has 6 nitrogen and oxygen atoms in total. The number of piperidine rings is 1. The van der Waals surface area contributed by atoms with Gasteiger partial charge in [0, 0.05) is 24.7 Å². The van der Waals surface area contributed by atoms with E-state index in [9.17, 15) is 0 Å². The second-order valence-corrected chi connectivity index (χ2v) is 8.99. The van der Waals surface area contributed by atoms with Crippen molar-refractivity contribution in [2.45, 2.75) is 58.9 Å². The number of benzene rings is 1. The molecule has 5 rings (SSSR count). The first kappa shape index (κ1) is 18.6. The lowest BCUT2D eigenvalue weighted by Gasteiger charge is -2.42. The van der Waals surface area contributed by atoms with Crippen LogP contribution in [0.4, 0.5) is 5.95 Å². The van der Waals surface area contributed by atoms with Crippen molar-refractivity contribution in [3.63, 3.8) is 0 Å². The number of hydrogen-bond donors (Lipinski definition) is 1. The van der Waals surface area contributed by atoms with E-state index in [4.69, 9.17) is 10.7 Å². The number of hydrogen-bond acceptors (Lipinski definition) is 5. The highest BCUT2D eigenvalue weighted by Crippen LogP contribution is 2.46. The fourth-order valence-corrected chi connectivity index (χ4v) is 5.47. The van der Waals surface area contributed by atoms with E-state index in [1.54, 1.807) is 6.33 Å². The fraction of sp³-hybridized carbons (Fsp3) is 0.522. The van der Waals surface area contributed by atoms with E-state index in [0.29, 0.717) is 11.5 Å². The van der Waals surface area contributed by atoms with Crippen molar-refractivity contribution in [3.05, 3.63) is 41.3 Å². The molecule has 1 aromatic carbocycles. The van der Waals surface area contributed by atoms with Crippen LogP contribution in [0.25, 0.3) is 16.8 Å². The van der Waals surface area contributed by atoms with Crippen molar-refractivity contribution in [1.29, 1.82) is 0 Å². The van der Waals surface area contributed by atoms with Gasteiger partial charge in [0.2, 0.25) is 5.95 Å². The lowest BCUT2D eigenvalue weighted by Crippen LogP contribution is -2.47. The predicted octanol–water partition coefficient (Wildman–Crippen LogP) is 3.81.